The zero-order chi connectivity index (χ0) is 17.8. The number of alkyl halides is 4. The van der Waals surface area contributed by atoms with Gasteiger partial charge in [-0.3, -0.25) is 4.79 Å². The first-order valence-corrected chi connectivity index (χ1v) is 6.55. The Morgan fingerprint density at radius 2 is 1.96 bits per heavy atom. The van der Waals surface area contributed by atoms with Gasteiger partial charge in [0, 0.05) is 11.9 Å². The van der Waals surface area contributed by atoms with E-state index < -0.39 is 52.4 Å². The number of rotatable bonds is 1. The molecule has 0 saturated carbocycles. The Morgan fingerprint density at radius 3 is 2.54 bits per heavy atom. The van der Waals surface area contributed by atoms with Gasteiger partial charge in [-0.05, 0) is 18.2 Å². The van der Waals surface area contributed by atoms with Crippen molar-refractivity contribution in [1.29, 1.82) is 5.26 Å². The Bertz CT molecular complexity index is 894. The SMILES string of the molecule is N#Cc1cc(-n2cc(C(F)(F)F)c3c2C(O)C(F)C3=O)ccc1F. The van der Waals surface area contributed by atoms with Gasteiger partial charge in [-0.25, -0.2) is 8.78 Å². The highest BCUT2D eigenvalue weighted by Gasteiger charge is 2.49. The molecule has 1 aliphatic rings. The molecule has 0 aliphatic heterocycles. The highest BCUT2D eigenvalue weighted by molar-refractivity contribution is 6.06. The van der Waals surface area contributed by atoms with Gasteiger partial charge < -0.3 is 9.67 Å². The monoisotopic (exact) mass is 342 g/mol. The molecule has 0 radical (unpaired) electrons. The molecular formula is C15H7F5N2O2. The summed E-state index contributed by atoms with van der Waals surface area (Å²) in [6.45, 7) is 0. The van der Waals surface area contributed by atoms with Gasteiger partial charge in [0.15, 0.2) is 6.17 Å². The number of halogens is 5. The zero-order valence-corrected chi connectivity index (χ0v) is 11.6. The number of nitrogens with zero attached hydrogens (tertiary/aromatic N) is 2. The topological polar surface area (TPSA) is 66.0 Å². The minimum Gasteiger partial charge on any atom is -0.383 e. The lowest BCUT2D eigenvalue weighted by atomic mass is 10.1. The van der Waals surface area contributed by atoms with Crippen LogP contribution in [0.1, 0.15) is 33.3 Å². The maximum Gasteiger partial charge on any atom is 0.418 e. The largest absolute Gasteiger partial charge is 0.418 e. The van der Waals surface area contributed by atoms with E-state index >= 15 is 0 Å². The molecule has 1 aliphatic carbocycles. The van der Waals surface area contributed by atoms with Gasteiger partial charge in [-0.1, -0.05) is 0 Å². The van der Waals surface area contributed by atoms with E-state index in [1.54, 1.807) is 0 Å². The summed E-state index contributed by atoms with van der Waals surface area (Å²) in [5.74, 6) is -2.35. The predicted octanol–water partition coefficient (Wildman–Crippen LogP) is 3.07. The molecule has 0 spiro atoms. The molecule has 24 heavy (non-hydrogen) atoms. The van der Waals surface area contributed by atoms with Gasteiger partial charge in [0.2, 0.25) is 5.78 Å². The Kier molecular flexibility index (Phi) is 3.46. The number of aliphatic hydroxyl groups excluding tert-OH is 1. The number of Topliss-reactive ketones (excluding diaryl/α,β-unsaturated/α-hetero) is 1. The molecule has 4 nitrogen and oxygen atoms in total. The lowest BCUT2D eigenvalue weighted by Crippen LogP contribution is -2.18. The van der Waals surface area contributed by atoms with E-state index in [1.807, 2.05) is 0 Å². The van der Waals surface area contributed by atoms with E-state index in [9.17, 15) is 31.9 Å². The lowest BCUT2D eigenvalue weighted by molar-refractivity contribution is -0.137. The van der Waals surface area contributed by atoms with Crippen LogP contribution in [0.4, 0.5) is 22.0 Å². The van der Waals surface area contributed by atoms with Crippen LogP contribution in [0, 0.1) is 17.1 Å². The molecule has 124 valence electrons. The van der Waals surface area contributed by atoms with Crippen molar-refractivity contribution in [2.45, 2.75) is 18.5 Å². The van der Waals surface area contributed by atoms with Crippen molar-refractivity contribution < 1.29 is 31.9 Å². The average Bonchev–Trinajstić information content (AvgIpc) is 3.01. The number of hydrogen-bond donors (Lipinski definition) is 1. The van der Waals surface area contributed by atoms with Gasteiger partial charge in [0.05, 0.1) is 22.4 Å². The van der Waals surface area contributed by atoms with Crippen LogP contribution in [0.15, 0.2) is 24.4 Å². The second-order valence-corrected chi connectivity index (χ2v) is 5.16. The second-order valence-electron chi connectivity index (χ2n) is 5.16. The molecule has 0 fully saturated rings. The van der Waals surface area contributed by atoms with Gasteiger partial charge in [0.1, 0.15) is 18.0 Å². The molecule has 0 amide bonds. The number of hydrogen-bond acceptors (Lipinski definition) is 3. The lowest BCUT2D eigenvalue weighted by Gasteiger charge is -2.12. The maximum atomic E-state index is 13.7. The third kappa shape index (κ3) is 2.18. The molecule has 0 bridgehead atoms. The Hall–Kier alpha value is -2.73. The summed E-state index contributed by atoms with van der Waals surface area (Å²) < 4.78 is 67.2. The number of carbonyl (C=O) groups is 1. The summed E-state index contributed by atoms with van der Waals surface area (Å²) in [4.78, 5) is 11.7. The standard InChI is InChI=1S/C15H7F5N2O2/c16-9-2-1-7(3-6(9)4-21)22-5-8(15(18,19)20)10-12(22)14(24)11(17)13(10)23/h1-3,5,11,14,24H. The van der Waals surface area contributed by atoms with Crippen molar-refractivity contribution in [2.24, 2.45) is 0 Å². The fourth-order valence-electron chi connectivity index (χ4n) is 2.67. The summed E-state index contributed by atoms with van der Waals surface area (Å²) >= 11 is 0. The highest BCUT2D eigenvalue weighted by atomic mass is 19.4. The van der Waals surface area contributed by atoms with Crippen LogP contribution in [-0.2, 0) is 6.18 Å². The summed E-state index contributed by atoms with van der Waals surface area (Å²) in [6.07, 6.45) is -9.03. The van der Waals surface area contributed by atoms with Crippen LogP contribution in [-0.4, -0.2) is 21.6 Å². The number of aromatic nitrogens is 1. The Balaban J connectivity index is 2.30. The summed E-state index contributed by atoms with van der Waals surface area (Å²) in [5, 5.41) is 18.6. The minimum absolute atomic E-state index is 0.111. The van der Waals surface area contributed by atoms with Crippen molar-refractivity contribution in [2.75, 3.05) is 0 Å². The van der Waals surface area contributed by atoms with E-state index in [0.717, 1.165) is 22.8 Å². The normalized spacial score (nSPS) is 20.1. The third-order valence-corrected chi connectivity index (χ3v) is 3.75. The summed E-state index contributed by atoms with van der Waals surface area (Å²) in [7, 11) is 0. The third-order valence-electron chi connectivity index (χ3n) is 3.75. The minimum atomic E-state index is -4.95. The molecule has 2 aromatic rings. The fraction of sp³-hybridized carbons (Fsp3) is 0.200. The number of benzene rings is 1. The van der Waals surface area contributed by atoms with Crippen molar-refractivity contribution >= 4 is 5.78 Å². The van der Waals surface area contributed by atoms with Crippen molar-refractivity contribution in [3.8, 4) is 11.8 Å². The van der Waals surface area contributed by atoms with E-state index in [1.165, 1.54) is 6.07 Å². The van der Waals surface area contributed by atoms with Crippen molar-refractivity contribution in [3.05, 3.63) is 52.6 Å². The molecule has 1 aromatic carbocycles. The maximum absolute atomic E-state index is 13.7. The molecule has 1 N–H and O–H groups in total. The molecule has 1 aromatic heterocycles. The first-order valence-electron chi connectivity index (χ1n) is 6.55. The number of carbonyl (C=O) groups excluding carboxylic acids is 1. The van der Waals surface area contributed by atoms with Crippen molar-refractivity contribution in [1.82, 2.24) is 4.57 Å². The van der Waals surface area contributed by atoms with Crippen LogP contribution in [0.2, 0.25) is 0 Å². The van der Waals surface area contributed by atoms with E-state index in [-0.39, 0.29) is 5.69 Å². The zero-order valence-electron chi connectivity index (χ0n) is 11.6. The fourth-order valence-corrected chi connectivity index (χ4v) is 2.67. The highest BCUT2D eigenvalue weighted by Crippen LogP contribution is 2.44. The quantitative estimate of drug-likeness (QED) is 0.810. The average molecular weight is 342 g/mol. The number of ketones is 1. The molecule has 1 heterocycles. The van der Waals surface area contributed by atoms with Gasteiger partial charge in [0.25, 0.3) is 0 Å². The van der Waals surface area contributed by atoms with Crippen molar-refractivity contribution in [3.63, 3.8) is 0 Å². The van der Waals surface area contributed by atoms with E-state index in [2.05, 4.69) is 0 Å². The van der Waals surface area contributed by atoms with Crippen LogP contribution in [0.3, 0.4) is 0 Å². The first-order chi connectivity index (χ1) is 11.2. The molecule has 2 unspecified atom stereocenters. The Morgan fingerprint density at radius 1 is 1.29 bits per heavy atom. The van der Waals surface area contributed by atoms with E-state index in [4.69, 9.17) is 5.26 Å². The smallest absolute Gasteiger partial charge is 0.383 e. The summed E-state index contributed by atoms with van der Waals surface area (Å²) in [6, 6.07) is 4.37. The number of aliphatic hydroxyl groups is 1. The van der Waals surface area contributed by atoms with Crippen LogP contribution < -0.4 is 0 Å². The van der Waals surface area contributed by atoms with Crippen LogP contribution >= 0.6 is 0 Å². The molecule has 0 saturated heterocycles. The van der Waals surface area contributed by atoms with Crippen LogP contribution in [0.5, 0.6) is 0 Å². The molecular weight excluding hydrogens is 335 g/mol. The number of fused-ring (bicyclic) bond motifs is 1. The molecule has 2 atom stereocenters. The van der Waals surface area contributed by atoms with Crippen LogP contribution in [0.25, 0.3) is 5.69 Å². The Labute approximate surface area is 131 Å². The second kappa shape index (κ2) is 5.14. The van der Waals surface area contributed by atoms with Gasteiger partial charge >= 0.3 is 6.18 Å². The van der Waals surface area contributed by atoms with E-state index in [0.29, 0.717) is 6.20 Å². The predicted molar refractivity (Wildman–Crippen MR) is 69.6 cm³/mol. The first kappa shape index (κ1) is 16.1. The van der Waals surface area contributed by atoms with Gasteiger partial charge in [-0.2, -0.15) is 18.4 Å². The molecule has 3 rings (SSSR count). The molecule has 9 heteroatoms. The number of nitriles is 1. The summed E-state index contributed by atoms with van der Waals surface area (Å²) in [5.41, 5.74) is -3.48. The van der Waals surface area contributed by atoms with Gasteiger partial charge in [-0.15, -0.1) is 0 Å².